The van der Waals surface area contributed by atoms with Crippen molar-refractivity contribution in [1.29, 1.82) is 0 Å². The Bertz CT molecular complexity index is 573. The van der Waals surface area contributed by atoms with Crippen LogP contribution in [0.15, 0.2) is 0 Å². The summed E-state index contributed by atoms with van der Waals surface area (Å²) in [6.45, 7) is 6.64. The van der Waals surface area contributed by atoms with Crippen LogP contribution in [0.4, 0.5) is 0 Å². The summed E-state index contributed by atoms with van der Waals surface area (Å²) >= 11 is 0. The molecule has 128 valence electrons. The van der Waals surface area contributed by atoms with Crippen LogP contribution < -0.4 is 0 Å². The van der Waals surface area contributed by atoms with Crippen molar-refractivity contribution in [3.63, 3.8) is 0 Å². The monoisotopic (exact) mass is 318 g/mol. The first-order valence-corrected chi connectivity index (χ1v) is 9.70. The zero-order chi connectivity index (χ0) is 16.2. The molecule has 0 unspecified atom stereocenters. The van der Waals surface area contributed by atoms with E-state index in [4.69, 9.17) is 4.74 Å². The Kier molecular flexibility index (Phi) is 2.73. The van der Waals surface area contributed by atoms with Crippen LogP contribution in [0.1, 0.15) is 65.7 Å². The molecule has 5 rings (SSSR count). The minimum Gasteiger partial charge on any atom is -0.393 e. The smallest absolute Gasteiger partial charge is 0.133 e. The van der Waals surface area contributed by atoms with E-state index in [0.29, 0.717) is 23.7 Å². The van der Waals surface area contributed by atoms with Gasteiger partial charge < -0.3 is 9.84 Å². The highest BCUT2D eigenvalue weighted by Gasteiger charge is 2.81. The fourth-order valence-electron chi connectivity index (χ4n) is 8.10. The number of Topliss-reactive ketones (excluding diaryl/α,β-unsaturated/α-hetero) is 1. The van der Waals surface area contributed by atoms with Crippen molar-refractivity contribution in [3.8, 4) is 0 Å². The number of rotatable bonds is 1. The summed E-state index contributed by atoms with van der Waals surface area (Å²) in [7, 11) is 0. The minimum atomic E-state index is -0.173. The molecule has 0 aromatic carbocycles. The van der Waals surface area contributed by atoms with Gasteiger partial charge in [-0.25, -0.2) is 0 Å². The predicted octanol–water partition coefficient (Wildman–Crippen LogP) is 3.34. The molecule has 1 aliphatic heterocycles. The van der Waals surface area contributed by atoms with Gasteiger partial charge in [0.25, 0.3) is 0 Å². The van der Waals surface area contributed by atoms with Gasteiger partial charge in [0.15, 0.2) is 0 Å². The molecule has 3 heteroatoms. The quantitative estimate of drug-likeness (QED) is 0.754. The topological polar surface area (TPSA) is 49.8 Å². The van der Waals surface area contributed by atoms with E-state index in [-0.39, 0.29) is 28.5 Å². The Labute approximate surface area is 139 Å². The van der Waals surface area contributed by atoms with Crippen LogP contribution in [-0.2, 0) is 9.53 Å². The molecule has 0 bridgehead atoms. The van der Waals surface area contributed by atoms with Crippen molar-refractivity contribution in [2.24, 2.45) is 34.5 Å². The Balaban J connectivity index is 1.53. The van der Waals surface area contributed by atoms with E-state index in [2.05, 4.69) is 13.8 Å². The molecule has 5 aliphatic rings. The van der Waals surface area contributed by atoms with Crippen LogP contribution in [0.5, 0.6) is 0 Å². The van der Waals surface area contributed by atoms with E-state index >= 15 is 0 Å². The van der Waals surface area contributed by atoms with E-state index in [9.17, 15) is 9.90 Å². The lowest BCUT2D eigenvalue weighted by Gasteiger charge is -2.52. The van der Waals surface area contributed by atoms with Crippen LogP contribution >= 0.6 is 0 Å². The summed E-state index contributed by atoms with van der Waals surface area (Å²) in [6, 6.07) is 0. The summed E-state index contributed by atoms with van der Waals surface area (Å²) in [5.74, 6) is 2.70. The molecule has 0 radical (unpaired) electrons. The summed E-state index contributed by atoms with van der Waals surface area (Å²) < 4.78 is 6.39. The standard InChI is InChI=1S/C20H30O3/c1-11(21)13-4-5-14-16-15(7-8-18(13,14)2)19(3)9-6-12(22)10-20(19)17(16)23-20/h12-17,22H,4-10H2,1-3H3/t12-,13+,14-,15-,16-,17+,18+,19+,20+/m0/s1. The van der Waals surface area contributed by atoms with Crippen LogP contribution in [0.3, 0.4) is 0 Å². The molecule has 0 aromatic rings. The van der Waals surface area contributed by atoms with Gasteiger partial charge in [-0.3, -0.25) is 4.79 Å². The highest BCUT2D eigenvalue weighted by molar-refractivity contribution is 5.79. The summed E-state index contributed by atoms with van der Waals surface area (Å²) in [5.41, 5.74) is 0.430. The maximum Gasteiger partial charge on any atom is 0.133 e. The number of hydrogen-bond donors (Lipinski definition) is 1. The third-order valence-corrected chi connectivity index (χ3v) is 9.23. The molecule has 23 heavy (non-hydrogen) atoms. The van der Waals surface area contributed by atoms with Gasteiger partial charge in [-0.05, 0) is 68.6 Å². The lowest BCUT2D eigenvalue weighted by atomic mass is 9.53. The van der Waals surface area contributed by atoms with Crippen molar-refractivity contribution in [1.82, 2.24) is 0 Å². The molecule has 1 saturated heterocycles. The first-order chi connectivity index (χ1) is 10.8. The molecule has 3 nitrogen and oxygen atoms in total. The van der Waals surface area contributed by atoms with Crippen molar-refractivity contribution in [3.05, 3.63) is 0 Å². The third-order valence-electron chi connectivity index (χ3n) is 9.23. The van der Waals surface area contributed by atoms with Gasteiger partial charge in [-0.15, -0.1) is 0 Å². The van der Waals surface area contributed by atoms with E-state index in [1.165, 1.54) is 19.3 Å². The number of carbonyl (C=O) groups excluding carboxylic acids is 1. The van der Waals surface area contributed by atoms with Gasteiger partial charge in [0.05, 0.1) is 12.2 Å². The van der Waals surface area contributed by atoms with Gasteiger partial charge in [-0.1, -0.05) is 13.8 Å². The van der Waals surface area contributed by atoms with E-state index in [1.807, 2.05) is 0 Å². The first-order valence-electron chi connectivity index (χ1n) is 9.70. The van der Waals surface area contributed by atoms with Crippen LogP contribution in [0.2, 0.25) is 0 Å². The molecule has 1 N–H and O–H groups in total. The SMILES string of the molecule is CC(=O)[C@H]1CC[C@H]2[C@@H]3[C@H]4O[C@]45C[C@@H](O)CC[C@]5(C)[C@H]3CC[C@]12C. The molecule has 0 aromatic heterocycles. The lowest BCUT2D eigenvalue weighted by Crippen LogP contribution is -2.49. The van der Waals surface area contributed by atoms with Gasteiger partial charge in [0, 0.05) is 17.8 Å². The maximum absolute atomic E-state index is 12.2. The molecule has 4 saturated carbocycles. The number of epoxide rings is 1. The second-order valence-electron chi connectivity index (χ2n) is 9.82. The van der Waals surface area contributed by atoms with E-state index < -0.39 is 0 Å². The number of aliphatic hydroxyl groups is 1. The highest BCUT2D eigenvalue weighted by Crippen LogP contribution is 2.77. The number of ketones is 1. The van der Waals surface area contributed by atoms with E-state index in [1.54, 1.807) is 6.92 Å². The van der Waals surface area contributed by atoms with Gasteiger partial charge in [0.2, 0.25) is 0 Å². The number of fused-ring (bicyclic) bond motifs is 5. The Morgan fingerprint density at radius 3 is 2.61 bits per heavy atom. The van der Waals surface area contributed by atoms with Crippen molar-refractivity contribution >= 4 is 5.78 Å². The largest absolute Gasteiger partial charge is 0.393 e. The van der Waals surface area contributed by atoms with Crippen LogP contribution in [-0.4, -0.2) is 28.7 Å². The lowest BCUT2D eigenvalue weighted by molar-refractivity contribution is -0.129. The highest BCUT2D eigenvalue weighted by atomic mass is 16.6. The van der Waals surface area contributed by atoms with Crippen molar-refractivity contribution < 1.29 is 14.6 Å². The zero-order valence-electron chi connectivity index (χ0n) is 14.7. The zero-order valence-corrected chi connectivity index (χ0v) is 14.7. The van der Waals surface area contributed by atoms with E-state index in [0.717, 1.165) is 31.6 Å². The van der Waals surface area contributed by atoms with Crippen LogP contribution in [0, 0.1) is 34.5 Å². The average molecular weight is 318 g/mol. The fraction of sp³-hybridized carbons (Fsp3) is 0.950. The van der Waals surface area contributed by atoms with Crippen molar-refractivity contribution in [2.45, 2.75) is 83.5 Å². The first kappa shape index (κ1) is 14.9. The molecule has 1 spiro atoms. The third kappa shape index (κ3) is 1.53. The molecular weight excluding hydrogens is 288 g/mol. The normalized spacial score (nSPS) is 63.0. The van der Waals surface area contributed by atoms with Gasteiger partial charge in [0.1, 0.15) is 11.4 Å². The van der Waals surface area contributed by atoms with Gasteiger partial charge in [-0.2, -0.15) is 0 Å². The Morgan fingerprint density at radius 2 is 1.87 bits per heavy atom. The molecule has 0 amide bonds. The number of aliphatic hydroxyl groups excluding tert-OH is 1. The van der Waals surface area contributed by atoms with Crippen LogP contribution in [0.25, 0.3) is 0 Å². The molecule has 4 aliphatic carbocycles. The van der Waals surface area contributed by atoms with Gasteiger partial charge >= 0.3 is 0 Å². The Hall–Kier alpha value is -0.410. The fourth-order valence-corrected chi connectivity index (χ4v) is 8.10. The number of carbonyl (C=O) groups is 1. The maximum atomic E-state index is 12.2. The molecule has 5 fully saturated rings. The summed E-state index contributed by atoms with van der Waals surface area (Å²) in [6.07, 6.45) is 7.85. The summed E-state index contributed by atoms with van der Waals surface area (Å²) in [5, 5.41) is 10.2. The number of ether oxygens (including phenoxy) is 1. The minimum absolute atomic E-state index is 0.0282. The molecular formula is C20H30O3. The Morgan fingerprint density at radius 1 is 1.09 bits per heavy atom. The molecule has 9 atom stereocenters. The summed E-state index contributed by atoms with van der Waals surface area (Å²) in [4.78, 5) is 12.2. The molecule has 1 heterocycles. The second-order valence-corrected chi connectivity index (χ2v) is 9.82. The van der Waals surface area contributed by atoms with Crippen molar-refractivity contribution in [2.75, 3.05) is 0 Å². The predicted molar refractivity (Wildman–Crippen MR) is 86.8 cm³/mol. The second kappa shape index (κ2) is 4.22. The average Bonchev–Trinajstić information content (AvgIpc) is 3.00. The number of hydrogen-bond acceptors (Lipinski definition) is 3.